The molecule has 3 aromatic rings. The quantitative estimate of drug-likeness (QED) is 0.550. The van der Waals surface area contributed by atoms with Crippen molar-refractivity contribution >= 4 is 22.8 Å². The van der Waals surface area contributed by atoms with Gasteiger partial charge in [0, 0.05) is 36.3 Å². The average Bonchev–Trinajstić information content (AvgIpc) is 3.55. The molecule has 6 heteroatoms. The van der Waals surface area contributed by atoms with Crippen LogP contribution in [0.25, 0.3) is 22.0 Å². The third kappa shape index (κ3) is 5.43. The van der Waals surface area contributed by atoms with Crippen LogP contribution in [0.3, 0.4) is 0 Å². The number of fused-ring (bicyclic) bond motifs is 1. The Morgan fingerprint density at radius 1 is 1.16 bits per heavy atom. The van der Waals surface area contributed by atoms with Gasteiger partial charge in [-0.15, -0.1) is 0 Å². The van der Waals surface area contributed by atoms with E-state index < -0.39 is 0 Å². The first-order chi connectivity index (χ1) is 15.2. The van der Waals surface area contributed by atoms with Crippen molar-refractivity contribution < 1.29 is 4.79 Å². The van der Waals surface area contributed by atoms with Crippen molar-refractivity contribution in [1.82, 2.24) is 20.2 Å². The van der Waals surface area contributed by atoms with Crippen LogP contribution in [0.15, 0.2) is 42.6 Å². The molecule has 1 aliphatic rings. The molecule has 0 aliphatic heterocycles. The number of aromatic nitrogens is 2. The van der Waals surface area contributed by atoms with Gasteiger partial charge in [0.25, 0.3) is 5.91 Å². The van der Waals surface area contributed by atoms with Gasteiger partial charge in [-0.2, -0.15) is 0 Å². The van der Waals surface area contributed by atoms with E-state index in [9.17, 15) is 4.79 Å². The van der Waals surface area contributed by atoms with Crippen LogP contribution in [0.2, 0.25) is 0 Å². The largest absolute Gasteiger partial charge is 0.354 e. The lowest BCUT2D eigenvalue weighted by Crippen LogP contribution is -2.34. The van der Waals surface area contributed by atoms with Gasteiger partial charge in [-0.1, -0.05) is 26.0 Å². The van der Waals surface area contributed by atoms with Gasteiger partial charge < -0.3 is 15.5 Å². The summed E-state index contributed by atoms with van der Waals surface area (Å²) < 4.78 is 0. The molecule has 168 valence electrons. The number of benzene rings is 2. The van der Waals surface area contributed by atoms with Crippen molar-refractivity contribution in [3.63, 3.8) is 0 Å². The van der Waals surface area contributed by atoms with E-state index >= 15 is 0 Å². The van der Waals surface area contributed by atoms with Crippen molar-refractivity contribution in [3.05, 3.63) is 53.7 Å². The molecule has 1 aromatic heterocycles. The van der Waals surface area contributed by atoms with Crippen LogP contribution in [0.5, 0.6) is 0 Å². The molecule has 0 bridgehead atoms. The lowest BCUT2D eigenvalue weighted by Gasteiger charge is -2.28. The number of hydrogen-bond donors (Lipinski definition) is 2. The molecular weight excluding hydrogens is 398 g/mol. The standard InChI is InChI=1S/C26H33N5O/c1-17-6-7-19(24(32)29-21-9-10-21)13-22(17)18-8-11-23-20(12-18)14-27-25(30-23)28-15-26(2,3)16-31(4)5/h6-8,11-14,21H,9-10,15-16H2,1-5H3,(H,29,32)(H,27,28,30). The van der Waals surface area contributed by atoms with Gasteiger partial charge in [0.1, 0.15) is 0 Å². The maximum absolute atomic E-state index is 12.5. The molecule has 6 nitrogen and oxygen atoms in total. The molecule has 1 heterocycles. The van der Waals surface area contributed by atoms with Crippen molar-refractivity contribution in [2.45, 2.75) is 39.7 Å². The molecule has 0 spiro atoms. The number of carbonyl (C=O) groups excluding carboxylic acids is 1. The molecule has 1 saturated carbocycles. The highest BCUT2D eigenvalue weighted by atomic mass is 16.1. The minimum Gasteiger partial charge on any atom is -0.354 e. The summed E-state index contributed by atoms with van der Waals surface area (Å²) in [7, 11) is 4.17. The monoisotopic (exact) mass is 431 g/mol. The number of carbonyl (C=O) groups is 1. The normalized spacial score (nSPS) is 14.1. The van der Waals surface area contributed by atoms with Gasteiger partial charge in [0.15, 0.2) is 0 Å². The number of anilines is 1. The van der Waals surface area contributed by atoms with E-state index in [4.69, 9.17) is 4.98 Å². The average molecular weight is 432 g/mol. The van der Waals surface area contributed by atoms with Gasteiger partial charge in [0.05, 0.1) is 5.52 Å². The summed E-state index contributed by atoms with van der Waals surface area (Å²) in [5.41, 5.74) is 4.97. The number of nitrogens with zero attached hydrogens (tertiary/aromatic N) is 3. The minimum absolute atomic E-state index is 0.00535. The van der Waals surface area contributed by atoms with E-state index in [-0.39, 0.29) is 11.3 Å². The zero-order chi connectivity index (χ0) is 22.9. The molecule has 0 saturated heterocycles. The van der Waals surface area contributed by atoms with Crippen molar-refractivity contribution in [3.8, 4) is 11.1 Å². The first-order valence-corrected chi connectivity index (χ1v) is 11.3. The Labute approximate surface area is 190 Å². The second-order valence-electron chi connectivity index (χ2n) is 10.0. The molecule has 32 heavy (non-hydrogen) atoms. The Kier molecular flexibility index (Phi) is 6.15. The second-order valence-corrected chi connectivity index (χ2v) is 10.0. The van der Waals surface area contributed by atoms with E-state index in [1.54, 1.807) is 0 Å². The highest BCUT2D eigenvalue weighted by molar-refractivity contribution is 5.96. The SMILES string of the molecule is Cc1ccc(C(=O)NC2CC2)cc1-c1ccc2nc(NCC(C)(C)CN(C)C)ncc2c1. The molecule has 1 amide bonds. The molecular formula is C26H33N5O. The number of rotatable bonds is 8. The van der Waals surface area contributed by atoms with Crippen molar-refractivity contribution in [2.24, 2.45) is 5.41 Å². The summed E-state index contributed by atoms with van der Waals surface area (Å²) >= 11 is 0. The molecule has 0 atom stereocenters. The molecule has 2 aromatic carbocycles. The van der Waals surface area contributed by atoms with Crippen molar-refractivity contribution in [1.29, 1.82) is 0 Å². The zero-order valence-electron chi connectivity index (χ0n) is 19.7. The second kappa shape index (κ2) is 8.87. The summed E-state index contributed by atoms with van der Waals surface area (Å²) in [6.45, 7) is 8.31. The highest BCUT2D eigenvalue weighted by Gasteiger charge is 2.24. The maximum Gasteiger partial charge on any atom is 0.251 e. The molecule has 4 rings (SSSR count). The Morgan fingerprint density at radius 3 is 2.66 bits per heavy atom. The van der Waals surface area contributed by atoms with Gasteiger partial charge in [0.2, 0.25) is 5.95 Å². The van der Waals surface area contributed by atoms with Crippen molar-refractivity contribution in [2.75, 3.05) is 32.5 Å². The molecule has 0 radical (unpaired) electrons. The van der Waals surface area contributed by atoms with E-state index in [1.165, 1.54) is 0 Å². The van der Waals surface area contributed by atoms with E-state index in [2.05, 4.69) is 67.5 Å². The summed E-state index contributed by atoms with van der Waals surface area (Å²) in [5.74, 6) is 0.651. The van der Waals surface area contributed by atoms with E-state index in [1.807, 2.05) is 30.5 Å². The summed E-state index contributed by atoms with van der Waals surface area (Å²) in [4.78, 5) is 23.9. The summed E-state index contributed by atoms with van der Waals surface area (Å²) in [6, 6.07) is 12.4. The predicted molar refractivity (Wildman–Crippen MR) is 131 cm³/mol. The van der Waals surface area contributed by atoms with Crippen LogP contribution in [0.4, 0.5) is 5.95 Å². The minimum atomic E-state index is 0.00535. The van der Waals surface area contributed by atoms with Gasteiger partial charge in [-0.3, -0.25) is 4.79 Å². The fraction of sp³-hybridized carbons (Fsp3) is 0.423. The fourth-order valence-electron chi connectivity index (χ4n) is 4.09. The fourth-order valence-corrected chi connectivity index (χ4v) is 4.09. The molecule has 0 unspecified atom stereocenters. The molecule has 2 N–H and O–H groups in total. The van der Waals surface area contributed by atoms with Crippen LogP contribution in [0, 0.1) is 12.3 Å². The van der Waals surface area contributed by atoms with Gasteiger partial charge in [-0.05, 0) is 80.2 Å². The number of nitrogens with one attached hydrogen (secondary N) is 2. The first-order valence-electron chi connectivity index (χ1n) is 11.3. The Balaban J connectivity index is 1.54. The Bertz CT molecular complexity index is 1130. The summed E-state index contributed by atoms with van der Waals surface area (Å²) in [5, 5.41) is 7.43. The molecule has 1 fully saturated rings. The van der Waals surface area contributed by atoms with E-state index in [0.717, 1.165) is 53.5 Å². The lowest BCUT2D eigenvalue weighted by atomic mass is 9.93. The number of amides is 1. The van der Waals surface area contributed by atoms with Crippen LogP contribution in [-0.4, -0.2) is 54.0 Å². The topological polar surface area (TPSA) is 70.2 Å². The zero-order valence-corrected chi connectivity index (χ0v) is 19.7. The van der Waals surface area contributed by atoms with Gasteiger partial charge >= 0.3 is 0 Å². The van der Waals surface area contributed by atoms with E-state index in [0.29, 0.717) is 17.6 Å². The highest BCUT2D eigenvalue weighted by Crippen LogP contribution is 2.28. The lowest BCUT2D eigenvalue weighted by molar-refractivity contribution is 0.0951. The van der Waals surface area contributed by atoms with Crippen LogP contribution < -0.4 is 10.6 Å². The predicted octanol–water partition coefficient (Wildman–Crippen LogP) is 4.50. The smallest absolute Gasteiger partial charge is 0.251 e. The number of hydrogen-bond acceptors (Lipinski definition) is 5. The van der Waals surface area contributed by atoms with Gasteiger partial charge in [-0.25, -0.2) is 9.97 Å². The number of aryl methyl sites for hydroxylation is 1. The third-order valence-corrected chi connectivity index (χ3v) is 5.77. The molecule has 1 aliphatic carbocycles. The van der Waals surface area contributed by atoms with Crippen LogP contribution >= 0.6 is 0 Å². The Hall–Kier alpha value is -2.99. The maximum atomic E-state index is 12.5. The first kappa shape index (κ1) is 22.2. The third-order valence-electron chi connectivity index (χ3n) is 5.77. The Morgan fingerprint density at radius 2 is 1.94 bits per heavy atom. The van der Waals surface area contributed by atoms with Crippen LogP contribution in [0.1, 0.15) is 42.6 Å². The summed E-state index contributed by atoms with van der Waals surface area (Å²) in [6.07, 6.45) is 4.03. The van der Waals surface area contributed by atoms with Crippen LogP contribution in [-0.2, 0) is 0 Å².